The zero-order chi connectivity index (χ0) is 17.1. The van der Waals surface area contributed by atoms with Gasteiger partial charge in [-0.25, -0.2) is 4.98 Å². The van der Waals surface area contributed by atoms with Gasteiger partial charge in [-0.3, -0.25) is 4.79 Å². The van der Waals surface area contributed by atoms with E-state index in [4.69, 9.17) is 0 Å². The van der Waals surface area contributed by atoms with Gasteiger partial charge in [-0.1, -0.05) is 0 Å². The molecular weight excluding hydrogens is 302 g/mol. The van der Waals surface area contributed by atoms with E-state index in [1.165, 1.54) is 6.42 Å². The molecular formula is C18H21N5O. The van der Waals surface area contributed by atoms with Crippen molar-refractivity contribution in [2.45, 2.75) is 39.2 Å². The Balaban J connectivity index is 1.80. The average Bonchev–Trinajstić information content (AvgIpc) is 2.95. The lowest BCUT2D eigenvalue weighted by Crippen LogP contribution is -2.38. The summed E-state index contributed by atoms with van der Waals surface area (Å²) in [5.41, 5.74) is 1.81. The zero-order valence-corrected chi connectivity index (χ0v) is 14.0. The lowest BCUT2D eigenvalue weighted by Gasteiger charge is -2.34. The fourth-order valence-corrected chi connectivity index (χ4v) is 3.11. The zero-order valence-electron chi connectivity index (χ0n) is 14.0. The molecule has 3 rings (SSSR count). The number of anilines is 2. The first-order valence-electron chi connectivity index (χ1n) is 8.22. The Labute approximate surface area is 141 Å². The van der Waals surface area contributed by atoms with Gasteiger partial charge >= 0.3 is 0 Å². The van der Waals surface area contributed by atoms with Crippen LogP contribution in [0, 0.1) is 18.3 Å². The standard InChI is InChI=1S/C18H21N5O/c1-12-11-21-17(15(12)10-19)22-18(24)14-6-7-20-16(9-14)23-8-4-3-5-13(23)2/h6-7,9,11,13,21H,3-5,8H2,1-2H3,(H,22,24). The Hall–Kier alpha value is -2.81. The molecule has 0 spiro atoms. The minimum absolute atomic E-state index is 0.248. The van der Waals surface area contributed by atoms with Crippen molar-refractivity contribution in [1.82, 2.24) is 9.97 Å². The van der Waals surface area contributed by atoms with Gasteiger partial charge < -0.3 is 15.2 Å². The van der Waals surface area contributed by atoms with E-state index in [1.54, 1.807) is 18.5 Å². The summed E-state index contributed by atoms with van der Waals surface area (Å²) < 4.78 is 0. The highest BCUT2D eigenvalue weighted by atomic mass is 16.1. The predicted molar refractivity (Wildman–Crippen MR) is 93.1 cm³/mol. The van der Waals surface area contributed by atoms with Crippen molar-refractivity contribution < 1.29 is 4.79 Å². The van der Waals surface area contributed by atoms with E-state index < -0.39 is 0 Å². The molecule has 1 unspecified atom stereocenters. The number of rotatable bonds is 3. The number of pyridine rings is 1. The fourth-order valence-electron chi connectivity index (χ4n) is 3.11. The largest absolute Gasteiger partial charge is 0.354 e. The third-order valence-corrected chi connectivity index (χ3v) is 4.53. The quantitative estimate of drug-likeness (QED) is 0.908. The molecule has 1 fully saturated rings. The van der Waals surface area contributed by atoms with Gasteiger partial charge in [0.05, 0.1) is 5.56 Å². The highest BCUT2D eigenvalue weighted by Gasteiger charge is 2.21. The Kier molecular flexibility index (Phi) is 4.52. The van der Waals surface area contributed by atoms with Crippen LogP contribution in [0.2, 0.25) is 0 Å². The Bertz CT molecular complexity index is 789. The predicted octanol–water partition coefficient (Wildman–Crippen LogP) is 3.22. The van der Waals surface area contributed by atoms with E-state index in [1.807, 2.05) is 13.0 Å². The summed E-state index contributed by atoms with van der Waals surface area (Å²) in [5.74, 6) is 1.02. The third kappa shape index (κ3) is 3.11. The second-order valence-electron chi connectivity index (χ2n) is 6.23. The van der Waals surface area contributed by atoms with Crippen LogP contribution in [0.3, 0.4) is 0 Å². The van der Waals surface area contributed by atoms with E-state index >= 15 is 0 Å². The number of nitriles is 1. The lowest BCUT2D eigenvalue weighted by molar-refractivity contribution is 0.102. The summed E-state index contributed by atoms with van der Waals surface area (Å²) in [6.45, 7) is 4.98. The van der Waals surface area contributed by atoms with Crippen LogP contribution >= 0.6 is 0 Å². The summed E-state index contributed by atoms with van der Waals surface area (Å²) in [5, 5.41) is 12.0. The summed E-state index contributed by atoms with van der Waals surface area (Å²) in [6, 6.07) is 6.04. The number of aromatic nitrogens is 2. The van der Waals surface area contributed by atoms with Gasteiger partial charge in [-0.15, -0.1) is 0 Å². The van der Waals surface area contributed by atoms with E-state index in [2.05, 4.69) is 33.2 Å². The van der Waals surface area contributed by atoms with E-state index in [0.29, 0.717) is 23.0 Å². The van der Waals surface area contributed by atoms with Crippen molar-refractivity contribution in [3.05, 3.63) is 41.2 Å². The van der Waals surface area contributed by atoms with E-state index in [-0.39, 0.29) is 5.91 Å². The van der Waals surface area contributed by atoms with Crippen molar-refractivity contribution in [2.75, 3.05) is 16.8 Å². The van der Waals surface area contributed by atoms with Gasteiger partial charge in [0.2, 0.25) is 0 Å². The number of piperidine rings is 1. The number of aromatic amines is 1. The molecule has 1 saturated heterocycles. The van der Waals surface area contributed by atoms with Crippen molar-refractivity contribution in [3.8, 4) is 6.07 Å². The van der Waals surface area contributed by atoms with Gasteiger partial charge in [-0.2, -0.15) is 5.26 Å². The topological polar surface area (TPSA) is 84.8 Å². The Morgan fingerprint density at radius 3 is 3.08 bits per heavy atom. The molecule has 2 aromatic heterocycles. The molecule has 124 valence electrons. The number of nitrogens with one attached hydrogen (secondary N) is 2. The van der Waals surface area contributed by atoms with Crippen LogP contribution in [0.1, 0.15) is 47.7 Å². The normalized spacial score (nSPS) is 17.4. The van der Waals surface area contributed by atoms with Crippen LogP contribution in [-0.2, 0) is 0 Å². The number of aryl methyl sites for hydroxylation is 1. The second-order valence-corrected chi connectivity index (χ2v) is 6.23. The molecule has 0 aliphatic carbocycles. The highest BCUT2D eigenvalue weighted by molar-refractivity contribution is 6.04. The number of nitrogens with zero attached hydrogens (tertiary/aromatic N) is 3. The molecule has 6 nitrogen and oxygen atoms in total. The molecule has 1 aliphatic heterocycles. The maximum atomic E-state index is 12.5. The number of carbonyl (C=O) groups excluding carboxylic acids is 1. The maximum Gasteiger partial charge on any atom is 0.256 e. The van der Waals surface area contributed by atoms with E-state index in [9.17, 15) is 10.1 Å². The van der Waals surface area contributed by atoms with Crippen LogP contribution < -0.4 is 10.2 Å². The molecule has 0 bridgehead atoms. The molecule has 2 aromatic rings. The SMILES string of the molecule is Cc1c[nH]c(NC(=O)c2ccnc(N3CCCCC3C)c2)c1C#N. The molecule has 1 aliphatic rings. The Morgan fingerprint density at radius 2 is 2.33 bits per heavy atom. The Morgan fingerprint density at radius 1 is 1.50 bits per heavy atom. The first kappa shape index (κ1) is 16.1. The average molecular weight is 323 g/mol. The molecule has 24 heavy (non-hydrogen) atoms. The number of H-pyrrole nitrogens is 1. The minimum atomic E-state index is -0.248. The number of hydrogen-bond donors (Lipinski definition) is 2. The number of carbonyl (C=O) groups is 1. The summed E-state index contributed by atoms with van der Waals surface area (Å²) in [7, 11) is 0. The number of hydrogen-bond acceptors (Lipinski definition) is 4. The lowest BCUT2D eigenvalue weighted by atomic mass is 10.0. The highest BCUT2D eigenvalue weighted by Crippen LogP contribution is 2.24. The molecule has 2 N–H and O–H groups in total. The first-order chi connectivity index (χ1) is 11.6. The molecule has 0 saturated carbocycles. The van der Waals surface area contributed by atoms with Crippen molar-refractivity contribution >= 4 is 17.5 Å². The summed E-state index contributed by atoms with van der Waals surface area (Å²) >= 11 is 0. The molecule has 0 radical (unpaired) electrons. The van der Waals surface area contributed by atoms with Crippen LogP contribution in [0.25, 0.3) is 0 Å². The van der Waals surface area contributed by atoms with Crippen LogP contribution in [0.5, 0.6) is 0 Å². The van der Waals surface area contributed by atoms with Crippen molar-refractivity contribution in [3.63, 3.8) is 0 Å². The minimum Gasteiger partial charge on any atom is -0.354 e. The van der Waals surface area contributed by atoms with Gasteiger partial charge in [0, 0.05) is 30.5 Å². The monoisotopic (exact) mass is 323 g/mol. The number of amides is 1. The van der Waals surface area contributed by atoms with Crippen LogP contribution in [-0.4, -0.2) is 28.5 Å². The smallest absolute Gasteiger partial charge is 0.256 e. The maximum absolute atomic E-state index is 12.5. The van der Waals surface area contributed by atoms with Gasteiger partial charge in [0.25, 0.3) is 5.91 Å². The molecule has 0 aromatic carbocycles. The fraction of sp³-hybridized carbons (Fsp3) is 0.389. The van der Waals surface area contributed by atoms with Crippen molar-refractivity contribution in [1.29, 1.82) is 5.26 Å². The third-order valence-electron chi connectivity index (χ3n) is 4.53. The van der Waals surface area contributed by atoms with Gasteiger partial charge in [0.1, 0.15) is 17.7 Å². The van der Waals surface area contributed by atoms with Gasteiger partial charge in [0.15, 0.2) is 0 Å². The van der Waals surface area contributed by atoms with Crippen LogP contribution in [0.15, 0.2) is 24.5 Å². The summed E-state index contributed by atoms with van der Waals surface area (Å²) in [6.07, 6.45) is 6.90. The molecule has 1 atom stereocenters. The first-order valence-corrected chi connectivity index (χ1v) is 8.22. The molecule has 1 amide bonds. The van der Waals surface area contributed by atoms with E-state index in [0.717, 1.165) is 30.8 Å². The molecule has 3 heterocycles. The van der Waals surface area contributed by atoms with Crippen molar-refractivity contribution in [2.24, 2.45) is 0 Å². The van der Waals surface area contributed by atoms with Gasteiger partial charge in [-0.05, 0) is 50.8 Å². The molecule has 6 heteroatoms. The van der Waals surface area contributed by atoms with Crippen LogP contribution in [0.4, 0.5) is 11.6 Å². The second kappa shape index (κ2) is 6.75. The summed E-state index contributed by atoms with van der Waals surface area (Å²) in [4.78, 5) is 22.1.